The first-order valence-corrected chi connectivity index (χ1v) is 8.55. The van der Waals surface area contributed by atoms with Crippen LogP contribution in [0, 0.1) is 6.92 Å². The van der Waals surface area contributed by atoms with Crippen molar-refractivity contribution >= 4 is 21.6 Å². The number of benzene rings is 1. The molecule has 0 aliphatic carbocycles. The lowest BCUT2D eigenvalue weighted by molar-refractivity contribution is 0.267. The summed E-state index contributed by atoms with van der Waals surface area (Å²) < 4.78 is 32.4. The van der Waals surface area contributed by atoms with E-state index in [9.17, 15) is 8.42 Å². The minimum Gasteiger partial charge on any atom is -0.495 e. The van der Waals surface area contributed by atoms with E-state index in [2.05, 4.69) is 0 Å². The van der Waals surface area contributed by atoms with Gasteiger partial charge in [0, 0.05) is 17.6 Å². The lowest BCUT2D eigenvalue weighted by Gasteiger charge is -2.32. The Bertz CT molecular complexity index is 601. The van der Waals surface area contributed by atoms with Crippen LogP contribution in [-0.4, -0.2) is 32.4 Å². The number of aryl methyl sites for hydroxylation is 1. The zero-order chi connectivity index (χ0) is 14.9. The Kier molecular flexibility index (Phi) is 4.62. The summed E-state index contributed by atoms with van der Waals surface area (Å²) >= 11 is 6.09. The number of hydrogen-bond donors (Lipinski definition) is 0. The van der Waals surface area contributed by atoms with Gasteiger partial charge in [-0.25, -0.2) is 8.42 Å². The summed E-state index contributed by atoms with van der Waals surface area (Å²) in [4.78, 5) is 0.157. The molecule has 0 N–H and O–H groups in total. The average molecular weight is 318 g/mol. The molecule has 1 aliphatic heterocycles. The average Bonchev–Trinajstić information content (AvgIpc) is 2.41. The fraction of sp³-hybridized carbons (Fsp3) is 0.571. The first-order valence-electron chi connectivity index (χ1n) is 6.74. The maximum absolute atomic E-state index is 12.8. The lowest BCUT2D eigenvalue weighted by Crippen LogP contribution is -2.42. The van der Waals surface area contributed by atoms with Gasteiger partial charge in [-0.1, -0.05) is 18.0 Å². The minimum atomic E-state index is -3.57. The van der Waals surface area contributed by atoms with Gasteiger partial charge in [-0.3, -0.25) is 0 Å². The van der Waals surface area contributed by atoms with Crippen molar-refractivity contribution in [3.05, 3.63) is 22.7 Å². The molecular formula is C14H20ClNO3S. The van der Waals surface area contributed by atoms with Gasteiger partial charge in [0.15, 0.2) is 0 Å². The smallest absolute Gasteiger partial charge is 0.247 e. The van der Waals surface area contributed by atoms with Crippen LogP contribution in [0.25, 0.3) is 0 Å². The first kappa shape index (κ1) is 15.6. The summed E-state index contributed by atoms with van der Waals surface area (Å²) in [6.45, 7) is 4.32. The van der Waals surface area contributed by atoms with Crippen molar-refractivity contribution in [1.29, 1.82) is 0 Å². The predicted molar refractivity (Wildman–Crippen MR) is 79.9 cm³/mol. The van der Waals surface area contributed by atoms with Crippen LogP contribution in [-0.2, 0) is 10.0 Å². The summed E-state index contributed by atoms with van der Waals surface area (Å²) in [5.41, 5.74) is 0.800. The number of piperidine rings is 1. The highest BCUT2D eigenvalue weighted by atomic mass is 35.5. The quantitative estimate of drug-likeness (QED) is 0.860. The number of halogens is 1. The Morgan fingerprint density at radius 3 is 2.65 bits per heavy atom. The van der Waals surface area contributed by atoms with Crippen molar-refractivity contribution in [3.8, 4) is 5.75 Å². The predicted octanol–water partition coefficient (Wildman–Crippen LogP) is 3.22. The number of methoxy groups -OCH3 is 1. The van der Waals surface area contributed by atoms with Crippen molar-refractivity contribution in [2.75, 3.05) is 13.7 Å². The molecular weight excluding hydrogens is 298 g/mol. The van der Waals surface area contributed by atoms with Crippen molar-refractivity contribution in [1.82, 2.24) is 4.31 Å². The SMILES string of the molecule is COc1cc(C)c(Cl)cc1S(=O)(=O)N1CCCCC1C. The van der Waals surface area contributed by atoms with Crippen molar-refractivity contribution in [2.24, 2.45) is 0 Å². The van der Waals surface area contributed by atoms with Crippen LogP contribution < -0.4 is 4.74 Å². The maximum Gasteiger partial charge on any atom is 0.247 e. The van der Waals surface area contributed by atoms with E-state index in [0.29, 0.717) is 17.3 Å². The Balaban J connectivity index is 2.51. The van der Waals surface area contributed by atoms with Gasteiger partial charge in [-0.2, -0.15) is 4.31 Å². The van der Waals surface area contributed by atoms with Crippen molar-refractivity contribution in [2.45, 2.75) is 44.0 Å². The molecule has 1 aromatic rings. The van der Waals surface area contributed by atoms with Crippen molar-refractivity contribution in [3.63, 3.8) is 0 Å². The van der Waals surface area contributed by atoms with E-state index in [4.69, 9.17) is 16.3 Å². The van der Waals surface area contributed by atoms with Crippen molar-refractivity contribution < 1.29 is 13.2 Å². The van der Waals surface area contributed by atoms with E-state index in [0.717, 1.165) is 24.8 Å². The molecule has 0 amide bonds. The summed E-state index contributed by atoms with van der Waals surface area (Å²) in [6, 6.07) is 3.18. The second-order valence-corrected chi connectivity index (χ2v) is 7.48. The molecule has 0 bridgehead atoms. The molecule has 1 saturated heterocycles. The molecule has 2 rings (SSSR count). The number of ether oxygens (including phenoxy) is 1. The van der Waals surface area contributed by atoms with Gasteiger partial charge in [0.05, 0.1) is 7.11 Å². The van der Waals surface area contributed by atoms with Crippen LogP contribution in [0.3, 0.4) is 0 Å². The second kappa shape index (κ2) is 5.92. The summed E-state index contributed by atoms with van der Waals surface area (Å²) in [6.07, 6.45) is 2.85. The third-order valence-electron chi connectivity index (χ3n) is 3.77. The molecule has 0 radical (unpaired) electrons. The monoisotopic (exact) mass is 317 g/mol. The fourth-order valence-corrected chi connectivity index (χ4v) is 4.65. The molecule has 112 valence electrons. The lowest BCUT2D eigenvalue weighted by atomic mass is 10.1. The standard InChI is InChI=1S/C14H20ClNO3S/c1-10-8-13(19-3)14(9-12(10)15)20(17,18)16-7-5-4-6-11(16)2/h8-9,11H,4-7H2,1-3H3. The van der Waals surface area contributed by atoms with Gasteiger partial charge in [0.1, 0.15) is 10.6 Å². The molecule has 0 aromatic heterocycles. The molecule has 0 saturated carbocycles. The highest BCUT2D eigenvalue weighted by Gasteiger charge is 2.33. The molecule has 4 nitrogen and oxygen atoms in total. The van der Waals surface area contributed by atoms with Crippen LogP contribution in [0.2, 0.25) is 5.02 Å². The van der Waals surface area contributed by atoms with E-state index in [1.165, 1.54) is 13.2 Å². The van der Waals surface area contributed by atoms with Gasteiger partial charge in [-0.05, 0) is 44.4 Å². The number of hydrogen-bond acceptors (Lipinski definition) is 3. The molecule has 1 unspecified atom stereocenters. The number of nitrogens with zero attached hydrogens (tertiary/aromatic N) is 1. The van der Waals surface area contributed by atoms with Crippen LogP contribution in [0.1, 0.15) is 31.7 Å². The second-order valence-electron chi connectivity index (χ2n) is 5.21. The maximum atomic E-state index is 12.8. The van der Waals surface area contributed by atoms with Gasteiger partial charge < -0.3 is 4.74 Å². The van der Waals surface area contributed by atoms with E-state index in [1.807, 2.05) is 13.8 Å². The summed E-state index contributed by atoms with van der Waals surface area (Å²) in [5.74, 6) is 0.352. The third-order valence-corrected chi connectivity index (χ3v) is 6.22. The Morgan fingerprint density at radius 2 is 2.05 bits per heavy atom. The van der Waals surface area contributed by atoms with Crippen LogP contribution in [0.15, 0.2) is 17.0 Å². The Labute approximate surface area is 125 Å². The molecule has 20 heavy (non-hydrogen) atoms. The first-order chi connectivity index (χ1) is 9.37. The molecule has 1 atom stereocenters. The van der Waals surface area contributed by atoms with Crippen LogP contribution >= 0.6 is 11.6 Å². The molecule has 6 heteroatoms. The van der Waals surface area contributed by atoms with Crippen LogP contribution in [0.4, 0.5) is 0 Å². The largest absolute Gasteiger partial charge is 0.495 e. The molecule has 1 aliphatic rings. The fourth-order valence-electron chi connectivity index (χ4n) is 2.55. The van der Waals surface area contributed by atoms with Gasteiger partial charge in [0.2, 0.25) is 10.0 Å². The normalized spacial score (nSPS) is 20.9. The molecule has 1 fully saturated rings. The van der Waals surface area contributed by atoms with E-state index in [-0.39, 0.29) is 10.9 Å². The topological polar surface area (TPSA) is 46.6 Å². The number of sulfonamides is 1. The van der Waals surface area contributed by atoms with Gasteiger partial charge in [0.25, 0.3) is 0 Å². The van der Waals surface area contributed by atoms with Gasteiger partial charge in [-0.15, -0.1) is 0 Å². The number of rotatable bonds is 3. The molecule has 1 aromatic carbocycles. The Hall–Kier alpha value is -0.780. The Morgan fingerprint density at radius 1 is 1.35 bits per heavy atom. The summed E-state index contributed by atoms with van der Waals surface area (Å²) in [7, 11) is -2.10. The zero-order valence-corrected chi connectivity index (χ0v) is 13.6. The highest BCUT2D eigenvalue weighted by molar-refractivity contribution is 7.89. The van der Waals surface area contributed by atoms with Gasteiger partial charge >= 0.3 is 0 Å². The van der Waals surface area contributed by atoms with E-state index >= 15 is 0 Å². The van der Waals surface area contributed by atoms with E-state index in [1.54, 1.807) is 10.4 Å². The molecule has 0 spiro atoms. The van der Waals surface area contributed by atoms with Crippen LogP contribution in [0.5, 0.6) is 5.75 Å². The molecule has 1 heterocycles. The van der Waals surface area contributed by atoms with E-state index < -0.39 is 10.0 Å². The third kappa shape index (κ3) is 2.80. The minimum absolute atomic E-state index is 0.0125. The zero-order valence-electron chi connectivity index (χ0n) is 12.0. The highest BCUT2D eigenvalue weighted by Crippen LogP contribution is 2.34. The summed E-state index contributed by atoms with van der Waals surface area (Å²) in [5, 5.41) is 0.439.